The summed E-state index contributed by atoms with van der Waals surface area (Å²) >= 11 is 0.724. The SMILES string of the molecule is CCOc1cc(C=C(C#N)C(=O)Nc2nc(S(=O)(=O)CC)ns2)ccc1OCc1ccc(C)cc1. The Labute approximate surface area is 208 Å². The Bertz CT molecular complexity index is 1370. The second-order valence-corrected chi connectivity index (χ2v) is 10.2. The second kappa shape index (κ2) is 11.6. The van der Waals surface area contributed by atoms with Gasteiger partial charge in [-0.2, -0.15) is 14.6 Å². The number of benzene rings is 2. The number of nitriles is 1. The van der Waals surface area contributed by atoms with Gasteiger partial charge in [0.2, 0.25) is 15.0 Å². The minimum absolute atomic E-state index is 0.0157. The topological polar surface area (TPSA) is 131 Å². The van der Waals surface area contributed by atoms with Gasteiger partial charge in [0, 0.05) is 11.5 Å². The van der Waals surface area contributed by atoms with E-state index in [1.807, 2.05) is 44.2 Å². The predicted octanol–water partition coefficient (Wildman–Crippen LogP) is 4.16. The number of carbonyl (C=O) groups excluding carboxylic acids is 1. The third-order valence-corrected chi connectivity index (χ3v) is 6.99. The van der Waals surface area contributed by atoms with Gasteiger partial charge in [0.05, 0.1) is 12.4 Å². The van der Waals surface area contributed by atoms with Crippen molar-refractivity contribution in [1.82, 2.24) is 9.36 Å². The molecule has 0 bridgehead atoms. The van der Waals surface area contributed by atoms with Crippen molar-refractivity contribution >= 4 is 38.5 Å². The number of hydrogen-bond donors (Lipinski definition) is 1. The molecule has 2 aromatic carbocycles. The van der Waals surface area contributed by atoms with Crippen LogP contribution < -0.4 is 14.8 Å². The van der Waals surface area contributed by atoms with E-state index in [0.29, 0.717) is 30.3 Å². The largest absolute Gasteiger partial charge is 0.490 e. The molecule has 0 fully saturated rings. The maximum absolute atomic E-state index is 12.6. The summed E-state index contributed by atoms with van der Waals surface area (Å²) in [5, 5.41) is 11.5. The number of amides is 1. The van der Waals surface area contributed by atoms with Gasteiger partial charge in [0.15, 0.2) is 11.5 Å². The lowest BCUT2D eigenvalue weighted by Crippen LogP contribution is -2.13. The van der Waals surface area contributed by atoms with Crippen molar-refractivity contribution in [3.63, 3.8) is 0 Å². The van der Waals surface area contributed by atoms with Crippen molar-refractivity contribution in [3.05, 3.63) is 64.7 Å². The van der Waals surface area contributed by atoms with Gasteiger partial charge in [0.25, 0.3) is 11.1 Å². The van der Waals surface area contributed by atoms with Crippen molar-refractivity contribution in [1.29, 1.82) is 5.26 Å². The van der Waals surface area contributed by atoms with Crippen LogP contribution in [0.3, 0.4) is 0 Å². The lowest BCUT2D eigenvalue weighted by atomic mass is 10.1. The molecule has 1 heterocycles. The number of aromatic nitrogens is 2. The number of nitrogens with zero attached hydrogens (tertiary/aromatic N) is 3. The molecule has 9 nitrogen and oxygen atoms in total. The van der Waals surface area contributed by atoms with Crippen LogP contribution in [0.4, 0.5) is 5.13 Å². The molecule has 0 aliphatic carbocycles. The van der Waals surface area contributed by atoms with Gasteiger partial charge in [-0.1, -0.05) is 42.8 Å². The molecular formula is C24H24N4O5S2. The first kappa shape index (κ1) is 25.9. The summed E-state index contributed by atoms with van der Waals surface area (Å²) in [5.74, 6) is 0.116. The van der Waals surface area contributed by atoms with Crippen LogP contribution in [0.5, 0.6) is 11.5 Å². The normalized spacial score (nSPS) is 11.5. The number of rotatable bonds is 10. The van der Waals surface area contributed by atoms with Gasteiger partial charge < -0.3 is 9.47 Å². The Hall–Kier alpha value is -3.75. The standard InChI is InChI=1S/C24H24N4O5S2/c1-4-32-21-13-18(10-11-20(21)33-15-17-8-6-16(3)7-9-17)12-19(14-25)22(29)26-23-27-24(28-34-23)35(30,31)5-2/h6-13H,4-5,15H2,1-3H3,(H,26,27,28,29). The summed E-state index contributed by atoms with van der Waals surface area (Å²) in [6, 6.07) is 14.9. The number of hydrogen-bond acceptors (Lipinski definition) is 9. The highest BCUT2D eigenvalue weighted by Crippen LogP contribution is 2.30. The van der Waals surface area contributed by atoms with Crippen molar-refractivity contribution in [2.75, 3.05) is 17.7 Å². The van der Waals surface area contributed by atoms with Crippen molar-refractivity contribution in [2.45, 2.75) is 32.5 Å². The van der Waals surface area contributed by atoms with E-state index in [-0.39, 0.29) is 21.6 Å². The van der Waals surface area contributed by atoms with Crippen LogP contribution in [-0.4, -0.2) is 36.0 Å². The average Bonchev–Trinajstić information content (AvgIpc) is 3.32. The summed E-state index contributed by atoms with van der Waals surface area (Å²) in [5.41, 5.74) is 2.53. The molecule has 0 unspecified atom stereocenters. The molecule has 1 amide bonds. The number of sulfone groups is 1. The highest BCUT2D eigenvalue weighted by Gasteiger charge is 2.20. The maximum atomic E-state index is 12.6. The molecule has 182 valence electrons. The minimum Gasteiger partial charge on any atom is -0.490 e. The Morgan fingerprint density at radius 2 is 1.89 bits per heavy atom. The van der Waals surface area contributed by atoms with E-state index < -0.39 is 15.7 Å². The van der Waals surface area contributed by atoms with Crippen molar-refractivity contribution < 1.29 is 22.7 Å². The fraction of sp³-hybridized carbons (Fsp3) is 0.250. The molecule has 0 atom stereocenters. The highest BCUT2D eigenvalue weighted by atomic mass is 32.2. The Kier molecular flexibility index (Phi) is 8.57. The second-order valence-electron chi connectivity index (χ2n) is 7.32. The van der Waals surface area contributed by atoms with E-state index in [1.165, 1.54) is 13.0 Å². The number of carbonyl (C=O) groups is 1. The monoisotopic (exact) mass is 512 g/mol. The first-order valence-corrected chi connectivity index (χ1v) is 13.1. The molecule has 0 saturated carbocycles. The van der Waals surface area contributed by atoms with Gasteiger partial charge in [-0.05, 0) is 43.2 Å². The zero-order chi connectivity index (χ0) is 25.4. The number of anilines is 1. The number of ether oxygens (including phenoxy) is 2. The molecule has 0 spiro atoms. The average molecular weight is 513 g/mol. The third-order valence-electron chi connectivity index (χ3n) is 4.74. The molecule has 3 aromatic rings. The smallest absolute Gasteiger partial charge is 0.268 e. The zero-order valence-corrected chi connectivity index (χ0v) is 21.1. The minimum atomic E-state index is -3.59. The fourth-order valence-electron chi connectivity index (χ4n) is 2.84. The van der Waals surface area contributed by atoms with Gasteiger partial charge in [-0.15, -0.1) is 0 Å². The summed E-state index contributed by atoms with van der Waals surface area (Å²) in [6.07, 6.45) is 1.40. The lowest BCUT2D eigenvalue weighted by Gasteiger charge is -2.13. The first-order valence-electron chi connectivity index (χ1n) is 10.7. The van der Waals surface area contributed by atoms with Crippen molar-refractivity contribution in [2.24, 2.45) is 0 Å². The number of nitrogens with one attached hydrogen (secondary N) is 1. The number of aryl methyl sites for hydroxylation is 1. The third kappa shape index (κ3) is 6.88. The Morgan fingerprint density at radius 1 is 1.14 bits per heavy atom. The van der Waals surface area contributed by atoms with Gasteiger partial charge >= 0.3 is 0 Å². The van der Waals surface area contributed by atoms with E-state index in [2.05, 4.69) is 14.7 Å². The molecule has 3 rings (SSSR count). The predicted molar refractivity (Wildman–Crippen MR) is 133 cm³/mol. The van der Waals surface area contributed by atoms with Crippen molar-refractivity contribution in [3.8, 4) is 17.6 Å². The molecule has 0 radical (unpaired) electrons. The first-order chi connectivity index (χ1) is 16.7. The summed E-state index contributed by atoms with van der Waals surface area (Å²) in [4.78, 5) is 16.4. The van der Waals surface area contributed by atoms with E-state index in [4.69, 9.17) is 9.47 Å². The molecule has 35 heavy (non-hydrogen) atoms. The summed E-state index contributed by atoms with van der Waals surface area (Å²) in [6.45, 7) is 6.09. The van der Waals surface area contributed by atoms with E-state index in [1.54, 1.807) is 18.2 Å². The van der Waals surface area contributed by atoms with Crippen LogP contribution in [0, 0.1) is 18.3 Å². The van der Waals surface area contributed by atoms with Crippen LogP contribution >= 0.6 is 11.5 Å². The van der Waals surface area contributed by atoms with Gasteiger partial charge in [-0.25, -0.2) is 8.42 Å². The Morgan fingerprint density at radius 3 is 2.54 bits per heavy atom. The lowest BCUT2D eigenvalue weighted by molar-refractivity contribution is -0.112. The van der Waals surface area contributed by atoms with E-state index in [9.17, 15) is 18.5 Å². The molecule has 0 saturated heterocycles. The molecule has 0 aliphatic rings. The molecular weight excluding hydrogens is 488 g/mol. The highest BCUT2D eigenvalue weighted by molar-refractivity contribution is 7.91. The molecule has 11 heteroatoms. The van der Waals surface area contributed by atoms with Gasteiger partial charge in [-0.3, -0.25) is 10.1 Å². The molecule has 1 aromatic heterocycles. The summed E-state index contributed by atoms with van der Waals surface area (Å²) in [7, 11) is -3.59. The molecule has 1 N–H and O–H groups in total. The van der Waals surface area contributed by atoms with Crippen LogP contribution in [0.25, 0.3) is 6.08 Å². The zero-order valence-electron chi connectivity index (χ0n) is 19.4. The summed E-state index contributed by atoms with van der Waals surface area (Å²) < 4.78 is 39.1. The van der Waals surface area contributed by atoms with Crippen LogP contribution in [0.1, 0.15) is 30.5 Å². The Balaban J connectivity index is 1.76. The van der Waals surface area contributed by atoms with E-state index >= 15 is 0 Å². The fourth-order valence-corrected chi connectivity index (χ4v) is 4.43. The van der Waals surface area contributed by atoms with Crippen LogP contribution in [0.15, 0.2) is 53.2 Å². The quantitative estimate of drug-likeness (QED) is 0.316. The van der Waals surface area contributed by atoms with E-state index in [0.717, 1.165) is 22.7 Å². The van der Waals surface area contributed by atoms with Gasteiger partial charge in [0.1, 0.15) is 18.2 Å². The van der Waals surface area contributed by atoms with Crippen LogP contribution in [-0.2, 0) is 21.2 Å². The molecule has 0 aliphatic heterocycles. The maximum Gasteiger partial charge on any atom is 0.268 e. The van der Waals surface area contributed by atoms with Crippen LogP contribution in [0.2, 0.25) is 0 Å².